The Kier molecular flexibility index (Phi) is 4.71. The van der Waals surface area contributed by atoms with Crippen LogP contribution in [0.3, 0.4) is 0 Å². The lowest BCUT2D eigenvalue weighted by Gasteiger charge is -2.15. The summed E-state index contributed by atoms with van der Waals surface area (Å²) in [5.41, 5.74) is 6.08. The largest absolute Gasteiger partial charge is 0.478 e. The number of carboxylic acid groups (broad SMARTS) is 1. The second-order valence-electron chi connectivity index (χ2n) is 6.99. The average Bonchev–Trinajstić information content (AvgIpc) is 3.30. The molecule has 2 N–H and O–H groups in total. The molecular weight excluding hydrogens is 384 g/mol. The predicted molar refractivity (Wildman–Crippen MR) is 111 cm³/mol. The maximum absolute atomic E-state index is 12.8. The number of aromatic carboxylic acids is 1. The van der Waals surface area contributed by atoms with Gasteiger partial charge in [0.15, 0.2) is 0 Å². The number of anilines is 1. The topological polar surface area (TPSA) is 99.8 Å². The summed E-state index contributed by atoms with van der Waals surface area (Å²) in [6.07, 6.45) is 1.40. The van der Waals surface area contributed by atoms with Gasteiger partial charge >= 0.3 is 5.97 Å². The Hall–Kier alpha value is -4.13. The van der Waals surface area contributed by atoms with Crippen LogP contribution >= 0.6 is 0 Å². The standard InChI is InChI=1S/C23H18N2O5/c1-13-3-8-17(11-14(13)2)25-22(27)19(21(26)24-25)12-18-9-10-20(30-18)15-4-6-16(7-5-15)23(28)29/h3-12H,1-2H3,(H,24,26)(H,28,29). The zero-order valence-corrected chi connectivity index (χ0v) is 16.3. The van der Waals surface area contributed by atoms with Gasteiger partial charge in [0, 0.05) is 5.56 Å². The van der Waals surface area contributed by atoms with Crippen molar-refractivity contribution in [3.05, 3.63) is 82.6 Å². The third-order valence-electron chi connectivity index (χ3n) is 4.97. The predicted octanol–water partition coefficient (Wildman–Crippen LogP) is 3.72. The van der Waals surface area contributed by atoms with Crippen LogP contribution < -0.4 is 10.4 Å². The monoisotopic (exact) mass is 402 g/mol. The van der Waals surface area contributed by atoms with Crippen LogP contribution in [0.5, 0.6) is 0 Å². The van der Waals surface area contributed by atoms with Gasteiger partial charge < -0.3 is 9.52 Å². The number of carboxylic acids is 1. The average molecular weight is 402 g/mol. The van der Waals surface area contributed by atoms with E-state index in [1.165, 1.54) is 23.2 Å². The van der Waals surface area contributed by atoms with Crippen LogP contribution in [0.4, 0.5) is 5.69 Å². The number of amides is 2. The highest BCUT2D eigenvalue weighted by Crippen LogP contribution is 2.27. The molecule has 0 unspecified atom stereocenters. The molecule has 4 rings (SSSR count). The molecule has 150 valence electrons. The third kappa shape index (κ3) is 3.48. The second kappa shape index (κ2) is 7.36. The van der Waals surface area contributed by atoms with E-state index in [9.17, 15) is 14.4 Å². The van der Waals surface area contributed by atoms with Gasteiger partial charge in [0.25, 0.3) is 11.8 Å². The number of hydrazine groups is 1. The summed E-state index contributed by atoms with van der Waals surface area (Å²) in [4.78, 5) is 36.1. The van der Waals surface area contributed by atoms with Crippen molar-refractivity contribution < 1.29 is 23.9 Å². The Bertz CT molecular complexity index is 1200. The summed E-state index contributed by atoms with van der Waals surface area (Å²) in [7, 11) is 0. The van der Waals surface area contributed by atoms with Crippen molar-refractivity contribution in [2.24, 2.45) is 0 Å². The normalized spacial score (nSPS) is 15.0. The van der Waals surface area contributed by atoms with Crippen LogP contribution in [0.2, 0.25) is 0 Å². The highest BCUT2D eigenvalue weighted by Gasteiger charge is 2.34. The van der Waals surface area contributed by atoms with Gasteiger partial charge in [-0.2, -0.15) is 0 Å². The Morgan fingerprint density at radius 3 is 2.40 bits per heavy atom. The lowest BCUT2D eigenvalue weighted by molar-refractivity contribution is -0.117. The van der Waals surface area contributed by atoms with Crippen molar-refractivity contribution in [2.75, 3.05) is 5.01 Å². The molecule has 0 atom stereocenters. The van der Waals surface area contributed by atoms with Crippen LogP contribution in [-0.2, 0) is 9.59 Å². The van der Waals surface area contributed by atoms with E-state index in [1.54, 1.807) is 30.3 Å². The summed E-state index contributed by atoms with van der Waals surface area (Å²) in [5, 5.41) is 10.2. The molecule has 3 aromatic rings. The molecule has 1 saturated heterocycles. The summed E-state index contributed by atoms with van der Waals surface area (Å²) >= 11 is 0. The minimum Gasteiger partial charge on any atom is -0.478 e. The second-order valence-corrected chi connectivity index (χ2v) is 6.99. The summed E-state index contributed by atoms with van der Waals surface area (Å²) in [5.74, 6) is -1.15. The van der Waals surface area contributed by atoms with Crippen molar-refractivity contribution in [1.82, 2.24) is 5.43 Å². The number of furan rings is 1. The molecule has 1 fully saturated rings. The number of nitrogens with zero attached hydrogens (tertiary/aromatic N) is 1. The summed E-state index contributed by atoms with van der Waals surface area (Å²) in [6, 6.07) is 15.1. The smallest absolute Gasteiger partial charge is 0.335 e. The molecule has 0 saturated carbocycles. The van der Waals surface area contributed by atoms with Gasteiger partial charge in [0.2, 0.25) is 0 Å². The van der Waals surface area contributed by atoms with Gasteiger partial charge in [-0.25, -0.2) is 9.80 Å². The molecule has 1 aliphatic heterocycles. The number of benzene rings is 2. The van der Waals surface area contributed by atoms with Gasteiger partial charge in [-0.1, -0.05) is 18.2 Å². The first kappa shape index (κ1) is 19.2. The highest BCUT2D eigenvalue weighted by molar-refractivity contribution is 6.31. The Morgan fingerprint density at radius 2 is 1.73 bits per heavy atom. The Labute approximate surface area is 172 Å². The Morgan fingerprint density at radius 1 is 1.00 bits per heavy atom. The van der Waals surface area contributed by atoms with E-state index in [1.807, 2.05) is 26.0 Å². The fourth-order valence-corrected chi connectivity index (χ4v) is 3.11. The maximum atomic E-state index is 12.8. The number of hydrogen-bond acceptors (Lipinski definition) is 4. The fraction of sp³-hybridized carbons (Fsp3) is 0.0870. The first-order chi connectivity index (χ1) is 14.3. The minimum absolute atomic E-state index is 0.0321. The van der Waals surface area contributed by atoms with Crippen LogP contribution in [-0.4, -0.2) is 22.9 Å². The molecule has 7 heteroatoms. The number of carbonyl (C=O) groups is 3. The van der Waals surface area contributed by atoms with Gasteiger partial charge in [0.05, 0.1) is 11.3 Å². The van der Waals surface area contributed by atoms with E-state index >= 15 is 0 Å². The van der Waals surface area contributed by atoms with E-state index < -0.39 is 17.8 Å². The van der Waals surface area contributed by atoms with Crippen LogP contribution in [0.15, 0.2) is 64.6 Å². The zero-order chi connectivity index (χ0) is 21.4. The van der Waals surface area contributed by atoms with Crippen molar-refractivity contribution in [1.29, 1.82) is 0 Å². The summed E-state index contributed by atoms with van der Waals surface area (Å²) < 4.78 is 5.73. The summed E-state index contributed by atoms with van der Waals surface area (Å²) in [6.45, 7) is 3.91. The quantitative estimate of drug-likeness (QED) is 0.512. The van der Waals surface area contributed by atoms with Gasteiger partial charge in [-0.3, -0.25) is 15.0 Å². The number of nitrogens with one attached hydrogen (secondary N) is 1. The van der Waals surface area contributed by atoms with Crippen LogP contribution in [0.25, 0.3) is 17.4 Å². The molecule has 7 nitrogen and oxygen atoms in total. The number of carbonyl (C=O) groups excluding carboxylic acids is 2. The minimum atomic E-state index is -1.01. The first-order valence-electron chi connectivity index (χ1n) is 9.21. The molecule has 2 heterocycles. The lowest BCUT2D eigenvalue weighted by Crippen LogP contribution is -2.35. The number of aryl methyl sites for hydroxylation is 2. The van der Waals surface area contributed by atoms with Gasteiger partial charge in [0.1, 0.15) is 17.1 Å². The number of hydrogen-bond donors (Lipinski definition) is 2. The van der Waals surface area contributed by atoms with E-state index in [0.717, 1.165) is 11.1 Å². The molecule has 1 aliphatic rings. The third-order valence-corrected chi connectivity index (χ3v) is 4.97. The van der Waals surface area contributed by atoms with E-state index in [-0.39, 0.29) is 11.1 Å². The SMILES string of the molecule is Cc1ccc(N2NC(=O)C(=Cc3ccc(-c4ccc(C(=O)O)cc4)o3)C2=O)cc1C. The maximum Gasteiger partial charge on any atom is 0.335 e. The van der Waals surface area contributed by atoms with E-state index in [2.05, 4.69) is 5.43 Å². The lowest BCUT2D eigenvalue weighted by atomic mass is 10.1. The first-order valence-corrected chi connectivity index (χ1v) is 9.21. The van der Waals surface area contributed by atoms with Crippen LogP contribution in [0.1, 0.15) is 27.2 Å². The van der Waals surface area contributed by atoms with Gasteiger partial charge in [-0.15, -0.1) is 0 Å². The van der Waals surface area contributed by atoms with Crippen molar-refractivity contribution >= 4 is 29.5 Å². The van der Waals surface area contributed by atoms with Crippen molar-refractivity contribution in [2.45, 2.75) is 13.8 Å². The van der Waals surface area contributed by atoms with Crippen LogP contribution in [0, 0.1) is 13.8 Å². The van der Waals surface area contributed by atoms with Gasteiger partial charge in [-0.05, 0) is 67.4 Å². The van der Waals surface area contributed by atoms with Crippen molar-refractivity contribution in [3.63, 3.8) is 0 Å². The van der Waals surface area contributed by atoms with Crippen molar-refractivity contribution in [3.8, 4) is 11.3 Å². The Balaban J connectivity index is 1.59. The molecule has 0 aliphatic carbocycles. The molecule has 2 amide bonds. The molecule has 1 aromatic heterocycles. The molecule has 2 aromatic carbocycles. The fourth-order valence-electron chi connectivity index (χ4n) is 3.11. The highest BCUT2D eigenvalue weighted by atomic mass is 16.4. The van der Waals surface area contributed by atoms with E-state index in [0.29, 0.717) is 22.8 Å². The molecule has 0 spiro atoms. The molecule has 0 radical (unpaired) electrons. The van der Waals surface area contributed by atoms with E-state index in [4.69, 9.17) is 9.52 Å². The number of rotatable bonds is 4. The zero-order valence-electron chi connectivity index (χ0n) is 16.3. The molecule has 30 heavy (non-hydrogen) atoms. The molecule has 0 bridgehead atoms. The molecular formula is C23H18N2O5.